The quantitative estimate of drug-likeness (QED) is 0.855. The fourth-order valence-corrected chi connectivity index (χ4v) is 3.35. The smallest absolute Gasteiger partial charge is 0.0745 e. The number of nitrogen functional groups attached to an aromatic ring is 1. The Kier molecular flexibility index (Phi) is 3.59. The van der Waals surface area contributed by atoms with Crippen LogP contribution in [0.25, 0.3) is 10.9 Å². The molecule has 1 aliphatic heterocycles. The van der Waals surface area contributed by atoms with E-state index in [1.54, 1.807) is 6.20 Å². The summed E-state index contributed by atoms with van der Waals surface area (Å²) in [6.07, 6.45) is 3.01. The van der Waals surface area contributed by atoms with Gasteiger partial charge < -0.3 is 10.6 Å². The van der Waals surface area contributed by atoms with Crippen LogP contribution in [0.3, 0.4) is 0 Å². The Labute approximate surface area is 128 Å². The Bertz CT molecular complexity index is 636. The number of hydrogen-bond acceptors (Lipinski definition) is 3. The van der Waals surface area contributed by atoms with Crippen LogP contribution in [0.2, 0.25) is 0 Å². The Balaban J connectivity index is 2.10. The van der Waals surface area contributed by atoms with Crippen molar-refractivity contribution in [2.75, 3.05) is 23.7 Å². The molecule has 3 rings (SSSR count). The summed E-state index contributed by atoms with van der Waals surface area (Å²) in [7, 11) is 0. The van der Waals surface area contributed by atoms with Gasteiger partial charge in [0.2, 0.25) is 0 Å². The largest absolute Gasteiger partial charge is 0.396 e. The second kappa shape index (κ2) is 5.24. The average molecular weight is 334 g/mol. The zero-order chi connectivity index (χ0) is 14.3. The molecule has 4 heteroatoms. The number of fused-ring (bicyclic) bond motifs is 1. The van der Waals surface area contributed by atoms with Crippen LogP contribution < -0.4 is 10.6 Å². The molecule has 0 saturated carbocycles. The van der Waals surface area contributed by atoms with Crippen molar-refractivity contribution in [1.29, 1.82) is 0 Å². The van der Waals surface area contributed by atoms with E-state index >= 15 is 0 Å². The summed E-state index contributed by atoms with van der Waals surface area (Å²) in [5.74, 6) is 1.48. The summed E-state index contributed by atoms with van der Waals surface area (Å²) in [4.78, 5) is 6.87. The van der Waals surface area contributed by atoms with Crippen LogP contribution in [-0.2, 0) is 0 Å². The molecule has 0 bridgehead atoms. The number of pyridine rings is 1. The van der Waals surface area contributed by atoms with Crippen molar-refractivity contribution in [3.63, 3.8) is 0 Å². The maximum atomic E-state index is 6.23. The summed E-state index contributed by atoms with van der Waals surface area (Å²) >= 11 is 3.55. The number of benzene rings is 1. The predicted molar refractivity (Wildman–Crippen MR) is 89.0 cm³/mol. The van der Waals surface area contributed by atoms with Gasteiger partial charge in [0.1, 0.15) is 0 Å². The normalized spacial score (nSPS) is 23.2. The summed E-state index contributed by atoms with van der Waals surface area (Å²) < 4.78 is 1.07. The Morgan fingerprint density at radius 3 is 2.85 bits per heavy atom. The number of hydrogen-bond donors (Lipinski definition) is 1. The number of rotatable bonds is 1. The van der Waals surface area contributed by atoms with Crippen LogP contribution in [0, 0.1) is 11.8 Å². The molecular weight excluding hydrogens is 314 g/mol. The standard InChI is InChI=1S/C16H20BrN3/c1-10-5-6-20(9-11(10)2)16-13-7-12(17)3-4-15(13)19-8-14(16)18/h3-4,7-8,10-11H,5-6,9,18H2,1-2H3. The van der Waals surface area contributed by atoms with Crippen molar-refractivity contribution >= 4 is 38.2 Å². The second-order valence-electron chi connectivity index (χ2n) is 5.91. The molecule has 2 unspecified atom stereocenters. The Morgan fingerprint density at radius 1 is 1.30 bits per heavy atom. The van der Waals surface area contributed by atoms with Gasteiger partial charge in [0.05, 0.1) is 23.1 Å². The lowest BCUT2D eigenvalue weighted by Gasteiger charge is -2.37. The zero-order valence-electron chi connectivity index (χ0n) is 11.9. The van der Waals surface area contributed by atoms with Crippen molar-refractivity contribution in [3.8, 4) is 0 Å². The number of nitrogens with zero attached hydrogens (tertiary/aromatic N) is 2. The topological polar surface area (TPSA) is 42.1 Å². The molecule has 2 atom stereocenters. The second-order valence-corrected chi connectivity index (χ2v) is 6.83. The van der Waals surface area contributed by atoms with Crippen molar-refractivity contribution in [2.24, 2.45) is 11.8 Å². The molecule has 1 saturated heterocycles. The third kappa shape index (κ3) is 2.37. The van der Waals surface area contributed by atoms with Crippen molar-refractivity contribution in [1.82, 2.24) is 4.98 Å². The van der Waals surface area contributed by atoms with Crippen molar-refractivity contribution in [3.05, 3.63) is 28.9 Å². The number of halogens is 1. The molecule has 1 aromatic carbocycles. The minimum Gasteiger partial charge on any atom is -0.396 e. The van der Waals surface area contributed by atoms with Gasteiger partial charge in [-0.2, -0.15) is 0 Å². The first-order chi connectivity index (χ1) is 9.56. The van der Waals surface area contributed by atoms with E-state index in [-0.39, 0.29) is 0 Å². The maximum Gasteiger partial charge on any atom is 0.0745 e. The molecule has 1 fully saturated rings. The van der Waals surface area contributed by atoms with Crippen LogP contribution in [0.4, 0.5) is 11.4 Å². The molecule has 0 aliphatic carbocycles. The van der Waals surface area contributed by atoms with Gasteiger partial charge in [0.15, 0.2) is 0 Å². The van der Waals surface area contributed by atoms with Gasteiger partial charge in [0.25, 0.3) is 0 Å². The van der Waals surface area contributed by atoms with Crippen LogP contribution in [-0.4, -0.2) is 18.1 Å². The summed E-state index contributed by atoms with van der Waals surface area (Å²) in [5.41, 5.74) is 9.16. The SMILES string of the molecule is CC1CCN(c2c(N)cnc3ccc(Br)cc23)CC1C. The minimum absolute atomic E-state index is 0.693. The lowest BCUT2D eigenvalue weighted by Crippen LogP contribution is -2.38. The highest BCUT2D eigenvalue weighted by Gasteiger charge is 2.25. The van der Waals surface area contributed by atoms with E-state index in [0.29, 0.717) is 5.92 Å². The molecule has 2 aromatic rings. The van der Waals surface area contributed by atoms with E-state index in [0.717, 1.165) is 45.8 Å². The van der Waals surface area contributed by atoms with Gasteiger partial charge in [-0.05, 0) is 36.5 Å². The molecule has 0 amide bonds. The molecule has 2 N–H and O–H groups in total. The predicted octanol–water partition coefficient (Wildman–Crippen LogP) is 4.06. The minimum atomic E-state index is 0.693. The van der Waals surface area contributed by atoms with E-state index in [1.807, 2.05) is 12.1 Å². The number of nitrogens with two attached hydrogens (primary N) is 1. The lowest BCUT2D eigenvalue weighted by molar-refractivity contribution is 0.324. The van der Waals surface area contributed by atoms with Crippen LogP contribution in [0.5, 0.6) is 0 Å². The first kappa shape index (κ1) is 13.7. The lowest BCUT2D eigenvalue weighted by atomic mass is 9.88. The highest BCUT2D eigenvalue weighted by Crippen LogP contribution is 2.36. The van der Waals surface area contributed by atoms with Crippen LogP contribution in [0.1, 0.15) is 20.3 Å². The molecule has 2 heterocycles. The highest BCUT2D eigenvalue weighted by molar-refractivity contribution is 9.10. The number of piperidine rings is 1. The molecule has 106 valence electrons. The molecule has 1 aliphatic rings. The number of anilines is 2. The Morgan fingerprint density at radius 2 is 2.10 bits per heavy atom. The summed E-state index contributed by atoms with van der Waals surface area (Å²) in [5, 5.41) is 1.14. The van der Waals surface area contributed by atoms with E-state index in [4.69, 9.17) is 5.73 Å². The Hall–Kier alpha value is -1.29. The maximum absolute atomic E-state index is 6.23. The van der Waals surface area contributed by atoms with Crippen LogP contribution >= 0.6 is 15.9 Å². The molecule has 0 spiro atoms. The monoisotopic (exact) mass is 333 g/mol. The van der Waals surface area contributed by atoms with Gasteiger partial charge in [0, 0.05) is 22.9 Å². The highest BCUT2D eigenvalue weighted by atomic mass is 79.9. The van der Waals surface area contributed by atoms with E-state index in [1.165, 1.54) is 6.42 Å². The fraction of sp³-hybridized carbons (Fsp3) is 0.438. The third-order valence-electron chi connectivity index (χ3n) is 4.48. The van der Waals surface area contributed by atoms with Crippen molar-refractivity contribution in [2.45, 2.75) is 20.3 Å². The first-order valence-corrected chi connectivity index (χ1v) is 7.94. The van der Waals surface area contributed by atoms with Gasteiger partial charge in [-0.3, -0.25) is 4.98 Å². The third-order valence-corrected chi connectivity index (χ3v) is 4.97. The molecule has 20 heavy (non-hydrogen) atoms. The molecule has 0 radical (unpaired) electrons. The van der Waals surface area contributed by atoms with E-state index < -0.39 is 0 Å². The van der Waals surface area contributed by atoms with Gasteiger partial charge in [-0.15, -0.1) is 0 Å². The van der Waals surface area contributed by atoms with Crippen molar-refractivity contribution < 1.29 is 0 Å². The van der Waals surface area contributed by atoms with E-state index in [2.05, 4.69) is 45.7 Å². The molecular formula is C16H20BrN3. The van der Waals surface area contributed by atoms with Crippen LogP contribution in [0.15, 0.2) is 28.9 Å². The number of aromatic nitrogens is 1. The molecule has 1 aromatic heterocycles. The molecule has 3 nitrogen and oxygen atoms in total. The first-order valence-electron chi connectivity index (χ1n) is 7.15. The van der Waals surface area contributed by atoms with Gasteiger partial charge >= 0.3 is 0 Å². The van der Waals surface area contributed by atoms with Gasteiger partial charge in [-0.1, -0.05) is 29.8 Å². The fourth-order valence-electron chi connectivity index (χ4n) is 2.99. The zero-order valence-corrected chi connectivity index (χ0v) is 13.5. The van der Waals surface area contributed by atoms with E-state index in [9.17, 15) is 0 Å². The van der Waals surface area contributed by atoms with Gasteiger partial charge in [-0.25, -0.2) is 0 Å². The summed E-state index contributed by atoms with van der Waals surface area (Å²) in [6.45, 7) is 6.80. The average Bonchev–Trinajstić information content (AvgIpc) is 2.42. The summed E-state index contributed by atoms with van der Waals surface area (Å²) in [6, 6.07) is 6.19.